The molecular weight excluding hydrogens is 120 g/mol. The van der Waals surface area contributed by atoms with Crippen molar-refractivity contribution in [3.63, 3.8) is 0 Å². The minimum Gasteiger partial charge on any atom is -0.103 e. The van der Waals surface area contributed by atoms with E-state index in [2.05, 4.69) is 33.9 Å². The lowest BCUT2D eigenvalue weighted by molar-refractivity contribution is 0.407. The molecular formula is C10H18. The summed E-state index contributed by atoms with van der Waals surface area (Å²) in [5.41, 5.74) is 1.66. The summed E-state index contributed by atoms with van der Waals surface area (Å²) in [5, 5.41) is 0. The standard InChI is InChI=1S/C10H18/c1-6-7-9(2)8-10(3,4)5/h6H,1-2,7-8H2,3-5H3. The molecule has 0 aromatic rings. The van der Waals surface area contributed by atoms with Crippen molar-refractivity contribution in [1.29, 1.82) is 0 Å². The van der Waals surface area contributed by atoms with Gasteiger partial charge in [-0.2, -0.15) is 0 Å². The van der Waals surface area contributed by atoms with E-state index in [1.807, 2.05) is 6.08 Å². The molecule has 0 atom stereocenters. The Bertz CT molecular complexity index is 123. The molecule has 0 amide bonds. The topological polar surface area (TPSA) is 0 Å². The van der Waals surface area contributed by atoms with E-state index in [1.54, 1.807) is 0 Å². The third-order valence-corrected chi connectivity index (χ3v) is 1.21. The lowest BCUT2D eigenvalue weighted by Crippen LogP contribution is -2.05. The van der Waals surface area contributed by atoms with Gasteiger partial charge in [-0.25, -0.2) is 0 Å². The molecule has 0 heteroatoms. The smallest absolute Gasteiger partial charge is 0.0144 e. The Morgan fingerprint density at radius 2 is 1.90 bits per heavy atom. The monoisotopic (exact) mass is 138 g/mol. The van der Waals surface area contributed by atoms with Gasteiger partial charge in [0.2, 0.25) is 0 Å². The highest BCUT2D eigenvalue weighted by Crippen LogP contribution is 2.24. The van der Waals surface area contributed by atoms with E-state index in [4.69, 9.17) is 0 Å². The van der Waals surface area contributed by atoms with Gasteiger partial charge in [0.15, 0.2) is 0 Å². The molecule has 0 N–H and O–H groups in total. The van der Waals surface area contributed by atoms with Crippen LogP contribution < -0.4 is 0 Å². The van der Waals surface area contributed by atoms with Gasteiger partial charge in [-0.05, 0) is 18.3 Å². The van der Waals surface area contributed by atoms with Crippen LogP contribution in [0.5, 0.6) is 0 Å². The van der Waals surface area contributed by atoms with Crippen LogP contribution in [0.2, 0.25) is 0 Å². The zero-order chi connectivity index (χ0) is 8.20. The summed E-state index contributed by atoms with van der Waals surface area (Å²) in [6.07, 6.45) is 3.96. The molecule has 0 heterocycles. The minimum atomic E-state index is 0.375. The fourth-order valence-electron chi connectivity index (χ4n) is 1.03. The highest BCUT2D eigenvalue weighted by molar-refractivity contribution is 5.02. The van der Waals surface area contributed by atoms with Crippen LogP contribution in [0.3, 0.4) is 0 Å². The van der Waals surface area contributed by atoms with Gasteiger partial charge in [0.05, 0.1) is 0 Å². The van der Waals surface area contributed by atoms with Crippen molar-refractivity contribution in [1.82, 2.24) is 0 Å². The van der Waals surface area contributed by atoms with Gasteiger partial charge in [-0.15, -0.1) is 6.58 Å². The van der Waals surface area contributed by atoms with Gasteiger partial charge < -0.3 is 0 Å². The largest absolute Gasteiger partial charge is 0.103 e. The summed E-state index contributed by atoms with van der Waals surface area (Å²) >= 11 is 0. The summed E-state index contributed by atoms with van der Waals surface area (Å²) in [4.78, 5) is 0. The number of rotatable bonds is 3. The van der Waals surface area contributed by atoms with Crippen LogP contribution in [0.1, 0.15) is 33.6 Å². The number of hydrogen-bond donors (Lipinski definition) is 0. The lowest BCUT2D eigenvalue weighted by Gasteiger charge is -2.18. The van der Waals surface area contributed by atoms with Crippen molar-refractivity contribution in [2.75, 3.05) is 0 Å². The lowest BCUT2D eigenvalue weighted by atomic mass is 9.87. The normalized spacial score (nSPS) is 11.1. The summed E-state index contributed by atoms with van der Waals surface area (Å²) in [5.74, 6) is 0. The maximum absolute atomic E-state index is 3.96. The molecule has 0 radical (unpaired) electrons. The molecule has 10 heavy (non-hydrogen) atoms. The number of allylic oxidation sites excluding steroid dienone is 2. The zero-order valence-electron chi connectivity index (χ0n) is 7.41. The van der Waals surface area contributed by atoms with Crippen LogP contribution in [0.15, 0.2) is 24.8 Å². The Kier molecular flexibility index (Phi) is 3.41. The third-order valence-electron chi connectivity index (χ3n) is 1.21. The second-order valence-corrected chi connectivity index (χ2v) is 3.98. The zero-order valence-corrected chi connectivity index (χ0v) is 7.41. The Balaban J connectivity index is 3.68. The molecule has 0 aliphatic rings. The first-order chi connectivity index (χ1) is 4.45. The fraction of sp³-hybridized carbons (Fsp3) is 0.600. The predicted molar refractivity (Wildman–Crippen MR) is 48.0 cm³/mol. The second kappa shape index (κ2) is 3.60. The molecule has 0 nitrogen and oxygen atoms in total. The highest BCUT2D eigenvalue weighted by atomic mass is 14.2. The molecule has 0 bridgehead atoms. The second-order valence-electron chi connectivity index (χ2n) is 3.98. The summed E-state index contributed by atoms with van der Waals surface area (Å²) < 4.78 is 0. The first-order valence-electron chi connectivity index (χ1n) is 3.73. The summed E-state index contributed by atoms with van der Waals surface area (Å²) in [6, 6.07) is 0. The molecule has 0 aliphatic carbocycles. The van der Waals surface area contributed by atoms with Crippen LogP contribution in [0, 0.1) is 5.41 Å². The summed E-state index contributed by atoms with van der Waals surface area (Å²) in [7, 11) is 0. The van der Waals surface area contributed by atoms with Gasteiger partial charge >= 0.3 is 0 Å². The van der Waals surface area contributed by atoms with Gasteiger partial charge in [-0.3, -0.25) is 0 Å². The molecule has 0 spiro atoms. The fourth-order valence-corrected chi connectivity index (χ4v) is 1.03. The molecule has 0 aromatic carbocycles. The van der Waals surface area contributed by atoms with Crippen molar-refractivity contribution in [3.8, 4) is 0 Å². The van der Waals surface area contributed by atoms with Gasteiger partial charge in [0, 0.05) is 0 Å². The molecule has 0 aliphatic heterocycles. The van der Waals surface area contributed by atoms with E-state index in [0.717, 1.165) is 12.8 Å². The van der Waals surface area contributed by atoms with Gasteiger partial charge in [0.25, 0.3) is 0 Å². The van der Waals surface area contributed by atoms with E-state index in [0.29, 0.717) is 5.41 Å². The van der Waals surface area contributed by atoms with Crippen LogP contribution in [0.4, 0.5) is 0 Å². The Hall–Kier alpha value is -0.520. The van der Waals surface area contributed by atoms with E-state index in [9.17, 15) is 0 Å². The van der Waals surface area contributed by atoms with E-state index >= 15 is 0 Å². The van der Waals surface area contributed by atoms with E-state index < -0.39 is 0 Å². The van der Waals surface area contributed by atoms with Gasteiger partial charge in [0.1, 0.15) is 0 Å². The minimum absolute atomic E-state index is 0.375. The van der Waals surface area contributed by atoms with Crippen LogP contribution in [-0.2, 0) is 0 Å². The maximum Gasteiger partial charge on any atom is -0.0144 e. The molecule has 0 rings (SSSR count). The molecule has 0 fully saturated rings. The Morgan fingerprint density at radius 1 is 1.40 bits per heavy atom. The Labute approximate surface area is 64.6 Å². The third kappa shape index (κ3) is 5.61. The first kappa shape index (κ1) is 9.48. The van der Waals surface area contributed by atoms with Crippen molar-refractivity contribution in [2.45, 2.75) is 33.6 Å². The number of hydrogen-bond acceptors (Lipinski definition) is 0. The molecule has 58 valence electrons. The average molecular weight is 138 g/mol. The van der Waals surface area contributed by atoms with Gasteiger partial charge in [-0.1, -0.05) is 39.0 Å². The molecule has 0 unspecified atom stereocenters. The van der Waals surface area contributed by atoms with E-state index in [1.165, 1.54) is 5.57 Å². The Morgan fingerprint density at radius 3 is 2.20 bits per heavy atom. The van der Waals surface area contributed by atoms with Crippen molar-refractivity contribution < 1.29 is 0 Å². The summed E-state index contributed by atoms with van der Waals surface area (Å²) in [6.45, 7) is 14.3. The van der Waals surface area contributed by atoms with Crippen LogP contribution in [0.25, 0.3) is 0 Å². The van der Waals surface area contributed by atoms with Crippen LogP contribution >= 0.6 is 0 Å². The van der Waals surface area contributed by atoms with Crippen LogP contribution in [-0.4, -0.2) is 0 Å². The predicted octanol–water partition coefficient (Wildman–Crippen LogP) is 3.55. The molecule has 0 saturated carbocycles. The first-order valence-corrected chi connectivity index (χ1v) is 3.73. The van der Waals surface area contributed by atoms with E-state index in [-0.39, 0.29) is 0 Å². The maximum atomic E-state index is 3.96. The SMILES string of the molecule is C=CCC(=C)CC(C)(C)C. The average Bonchev–Trinajstić information content (AvgIpc) is 1.59. The molecule has 0 aromatic heterocycles. The molecule has 0 saturated heterocycles. The quantitative estimate of drug-likeness (QED) is 0.523. The van der Waals surface area contributed by atoms with Crippen molar-refractivity contribution in [2.24, 2.45) is 5.41 Å². The highest BCUT2D eigenvalue weighted by Gasteiger charge is 2.10. The van der Waals surface area contributed by atoms with Crippen molar-refractivity contribution in [3.05, 3.63) is 24.8 Å². The van der Waals surface area contributed by atoms with Crippen molar-refractivity contribution >= 4 is 0 Å².